The summed E-state index contributed by atoms with van der Waals surface area (Å²) in [4.78, 5) is 22.7. The highest BCUT2D eigenvalue weighted by molar-refractivity contribution is 7.19. The van der Waals surface area contributed by atoms with E-state index in [0.29, 0.717) is 11.5 Å². The number of hydrogen-bond acceptors (Lipinski definition) is 5. The lowest BCUT2D eigenvalue weighted by Crippen LogP contribution is -3.00. The first-order valence-corrected chi connectivity index (χ1v) is 9.57. The summed E-state index contributed by atoms with van der Waals surface area (Å²) in [7, 11) is 0. The minimum atomic E-state index is -0.284. The van der Waals surface area contributed by atoms with Gasteiger partial charge in [0.05, 0.1) is 5.39 Å². The Labute approximate surface area is 178 Å². The highest BCUT2D eigenvalue weighted by Crippen LogP contribution is 2.39. The van der Waals surface area contributed by atoms with E-state index < -0.39 is 0 Å². The molecule has 6 nitrogen and oxygen atoms in total. The van der Waals surface area contributed by atoms with Crippen molar-refractivity contribution < 1.29 is 17.2 Å². The second-order valence-corrected chi connectivity index (χ2v) is 7.70. The van der Waals surface area contributed by atoms with E-state index in [-0.39, 0.29) is 18.4 Å². The number of benzene rings is 2. The van der Waals surface area contributed by atoms with Gasteiger partial charge in [0.15, 0.2) is 0 Å². The molecule has 0 saturated heterocycles. The largest absolute Gasteiger partial charge is 1.00 e. The Hall–Kier alpha value is -3.16. The zero-order chi connectivity index (χ0) is 19.7. The summed E-state index contributed by atoms with van der Waals surface area (Å²) in [6.07, 6.45) is 1.48. The predicted octanol–water partition coefficient (Wildman–Crippen LogP) is 2.21. The Morgan fingerprint density at radius 3 is 2.45 bits per heavy atom. The quantitative estimate of drug-likeness (QED) is 0.470. The standard InChI is InChI=1S/C21H19N5OS.ClH/c1-12-4-3-5-16(10-12)26-21(27)25-15-8-6-14(7-9-15)17-13(2)28-20-18(17)19(22)23-11-24-20;/h3-11H,1-2H3,(H2,22,23,24)(H2,25,26,27);1H/p-1. The van der Waals surface area contributed by atoms with Crippen LogP contribution in [0.4, 0.5) is 22.0 Å². The van der Waals surface area contributed by atoms with Gasteiger partial charge in [0.25, 0.3) is 0 Å². The molecule has 0 atom stereocenters. The van der Waals surface area contributed by atoms with Crippen LogP contribution in [-0.2, 0) is 0 Å². The Bertz CT molecular complexity index is 1170. The molecule has 0 aliphatic carbocycles. The second-order valence-electron chi connectivity index (χ2n) is 6.50. The summed E-state index contributed by atoms with van der Waals surface area (Å²) < 4.78 is 0. The van der Waals surface area contributed by atoms with E-state index in [0.717, 1.165) is 37.5 Å². The van der Waals surface area contributed by atoms with Gasteiger partial charge in [-0.05, 0) is 49.2 Å². The van der Waals surface area contributed by atoms with Gasteiger partial charge < -0.3 is 28.8 Å². The number of nitrogen functional groups attached to an aromatic ring is 1. The highest BCUT2D eigenvalue weighted by Gasteiger charge is 2.15. The van der Waals surface area contributed by atoms with Crippen LogP contribution in [0.15, 0.2) is 54.9 Å². The molecule has 2 aromatic heterocycles. The third-order valence-electron chi connectivity index (χ3n) is 4.40. The number of amides is 2. The first-order valence-electron chi connectivity index (χ1n) is 8.76. The first kappa shape index (κ1) is 20.6. The molecule has 0 aliphatic heterocycles. The number of hydrogen-bond donors (Lipinski definition) is 3. The van der Waals surface area contributed by atoms with Gasteiger partial charge in [-0.15, -0.1) is 11.3 Å². The Kier molecular flexibility index (Phi) is 6.00. The Balaban J connectivity index is 0.00000240. The van der Waals surface area contributed by atoms with E-state index in [4.69, 9.17) is 5.73 Å². The maximum Gasteiger partial charge on any atom is 0.323 e. The van der Waals surface area contributed by atoms with Gasteiger partial charge >= 0.3 is 6.03 Å². The summed E-state index contributed by atoms with van der Waals surface area (Å²) >= 11 is 1.59. The summed E-state index contributed by atoms with van der Waals surface area (Å²) in [5.74, 6) is 0.476. The normalized spacial score (nSPS) is 10.4. The maximum atomic E-state index is 12.2. The molecule has 4 N–H and O–H groups in total. The fourth-order valence-corrected chi connectivity index (χ4v) is 4.17. The number of thiophene rings is 1. The summed E-state index contributed by atoms with van der Waals surface area (Å²) in [5, 5.41) is 6.56. The molecule has 2 aromatic carbocycles. The molecule has 2 amide bonds. The van der Waals surface area contributed by atoms with E-state index >= 15 is 0 Å². The molecule has 0 bridgehead atoms. The number of carbonyl (C=O) groups is 1. The number of aromatic nitrogens is 2. The molecule has 0 saturated carbocycles. The number of halogens is 1. The monoisotopic (exact) mass is 424 g/mol. The van der Waals surface area contributed by atoms with E-state index in [1.165, 1.54) is 6.33 Å². The van der Waals surface area contributed by atoms with Crippen molar-refractivity contribution in [3.05, 3.63) is 65.3 Å². The van der Waals surface area contributed by atoms with Crippen LogP contribution in [-0.4, -0.2) is 16.0 Å². The second kappa shape index (κ2) is 8.46. The predicted molar refractivity (Wildman–Crippen MR) is 116 cm³/mol. The molecule has 0 aliphatic rings. The Morgan fingerprint density at radius 2 is 1.72 bits per heavy atom. The molecule has 0 radical (unpaired) electrons. The fraction of sp³-hybridized carbons (Fsp3) is 0.0952. The number of rotatable bonds is 3. The summed E-state index contributed by atoms with van der Waals surface area (Å²) in [6, 6.07) is 15.0. The van der Waals surface area contributed by atoms with Crippen LogP contribution in [0.2, 0.25) is 0 Å². The summed E-state index contributed by atoms with van der Waals surface area (Å²) in [5.41, 5.74) is 10.7. The van der Waals surface area contributed by atoms with Crippen molar-refractivity contribution >= 4 is 44.8 Å². The number of urea groups is 1. The summed E-state index contributed by atoms with van der Waals surface area (Å²) in [6.45, 7) is 4.03. The van der Waals surface area contributed by atoms with E-state index in [2.05, 4.69) is 20.6 Å². The third kappa shape index (κ3) is 4.31. The van der Waals surface area contributed by atoms with Crippen LogP contribution in [0.5, 0.6) is 0 Å². The van der Waals surface area contributed by atoms with Crippen molar-refractivity contribution in [2.75, 3.05) is 16.4 Å². The van der Waals surface area contributed by atoms with Crippen LogP contribution in [0, 0.1) is 13.8 Å². The van der Waals surface area contributed by atoms with Crippen LogP contribution in [0.1, 0.15) is 10.4 Å². The minimum Gasteiger partial charge on any atom is -1.00 e. The number of anilines is 3. The molecule has 4 rings (SSSR count). The zero-order valence-electron chi connectivity index (χ0n) is 15.9. The molecular formula is C21H19ClN5OS-. The minimum absolute atomic E-state index is 0. The van der Waals surface area contributed by atoms with Gasteiger partial charge in [-0.25, -0.2) is 14.8 Å². The van der Waals surface area contributed by atoms with Crippen LogP contribution in [0.3, 0.4) is 0 Å². The highest BCUT2D eigenvalue weighted by atomic mass is 35.5. The van der Waals surface area contributed by atoms with Gasteiger partial charge in [-0.3, -0.25) is 0 Å². The average molecular weight is 425 g/mol. The van der Waals surface area contributed by atoms with Crippen molar-refractivity contribution in [1.29, 1.82) is 0 Å². The fourth-order valence-electron chi connectivity index (χ4n) is 3.15. The molecule has 148 valence electrons. The van der Waals surface area contributed by atoms with Crippen molar-refractivity contribution in [3.63, 3.8) is 0 Å². The lowest BCUT2D eigenvalue weighted by atomic mass is 10.0. The van der Waals surface area contributed by atoms with Gasteiger partial charge in [0.1, 0.15) is 17.0 Å². The van der Waals surface area contributed by atoms with Crippen LogP contribution in [0.25, 0.3) is 21.3 Å². The number of nitrogens with zero attached hydrogens (tertiary/aromatic N) is 2. The first-order chi connectivity index (χ1) is 13.5. The molecule has 0 fully saturated rings. The topological polar surface area (TPSA) is 92.9 Å². The molecular weight excluding hydrogens is 406 g/mol. The van der Waals surface area contributed by atoms with Crippen LogP contribution < -0.4 is 28.8 Å². The van der Waals surface area contributed by atoms with Crippen molar-refractivity contribution in [2.24, 2.45) is 0 Å². The maximum absolute atomic E-state index is 12.2. The van der Waals surface area contributed by atoms with Crippen molar-refractivity contribution in [2.45, 2.75) is 13.8 Å². The lowest BCUT2D eigenvalue weighted by molar-refractivity contribution is -0.00000864. The number of aryl methyl sites for hydroxylation is 2. The number of nitrogens with one attached hydrogen (secondary N) is 2. The molecule has 4 aromatic rings. The van der Waals surface area contributed by atoms with Crippen molar-refractivity contribution in [3.8, 4) is 11.1 Å². The average Bonchev–Trinajstić information content (AvgIpc) is 2.99. The number of fused-ring (bicyclic) bond motifs is 1. The number of nitrogens with two attached hydrogens (primary N) is 1. The van der Waals surface area contributed by atoms with Gasteiger partial charge in [0, 0.05) is 21.8 Å². The van der Waals surface area contributed by atoms with E-state index in [1.54, 1.807) is 11.3 Å². The van der Waals surface area contributed by atoms with E-state index in [9.17, 15) is 4.79 Å². The number of carbonyl (C=O) groups excluding carboxylic acids is 1. The van der Waals surface area contributed by atoms with E-state index in [1.807, 2.05) is 62.4 Å². The lowest BCUT2D eigenvalue weighted by Gasteiger charge is -2.09. The SMILES string of the molecule is Cc1cccc(NC(=O)Nc2ccc(-c3c(C)sc4ncnc(N)c34)cc2)c1.[Cl-]. The Morgan fingerprint density at radius 1 is 1.00 bits per heavy atom. The molecule has 29 heavy (non-hydrogen) atoms. The van der Waals surface area contributed by atoms with Crippen molar-refractivity contribution in [1.82, 2.24) is 9.97 Å². The van der Waals surface area contributed by atoms with Crippen LogP contribution >= 0.6 is 11.3 Å². The molecule has 8 heteroatoms. The smallest absolute Gasteiger partial charge is 0.323 e. The molecule has 2 heterocycles. The van der Waals surface area contributed by atoms with Gasteiger partial charge in [-0.2, -0.15) is 0 Å². The molecule has 0 unspecified atom stereocenters. The van der Waals surface area contributed by atoms with Gasteiger partial charge in [0.2, 0.25) is 0 Å². The van der Waals surface area contributed by atoms with Gasteiger partial charge in [-0.1, -0.05) is 24.3 Å². The molecule has 0 spiro atoms. The zero-order valence-corrected chi connectivity index (χ0v) is 17.4. The third-order valence-corrected chi connectivity index (χ3v) is 5.41.